The molecule has 1 heterocycles. The van der Waals surface area contributed by atoms with Gasteiger partial charge >= 0.3 is 5.97 Å². The zero-order chi connectivity index (χ0) is 14.4. The Morgan fingerprint density at radius 2 is 1.90 bits per heavy atom. The predicted octanol–water partition coefficient (Wildman–Crippen LogP) is 2.40. The molecular weight excluding hydrogens is 254 g/mol. The van der Waals surface area contributed by atoms with Crippen molar-refractivity contribution in [3.63, 3.8) is 0 Å². The van der Waals surface area contributed by atoms with E-state index >= 15 is 0 Å². The molecule has 1 aliphatic rings. The van der Waals surface area contributed by atoms with Crippen LogP contribution in [0.25, 0.3) is 5.57 Å². The van der Waals surface area contributed by atoms with Crippen LogP contribution < -0.4 is 10.1 Å². The molecule has 0 radical (unpaired) electrons. The van der Waals surface area contributed by atoms with Crippen molar-refractivity contribution in [3.8, 4) is 5.75 Å². The van der Waals surface area contributed by atoms with E-state index < -0.39 is 0 Å². The molecule has 20 heavy (non-hydrogen) atoms. The average Bonchev–Trinajstić information content (AvgIpc) is 2.73. The second-order valence-electron chi connectivity index (χ2n) is 4.66. The molecule has 0 amide bonds. The molecule has 4 heteroatoms. The van der Waals surface area contributed by atoms with E-state index in [2.05, 4.69) is 5.32 Å². The number of ether oxygens (including phenoxy) is 2. The third kappa shape index (κ3) is 3.39. The number of hydrogen-bond acceptors (Lipinski definition) is 4. The molecule has 1 aliphatic heterocycles. The summed E-state index contributed by atoms with van der Waals surface area (Å²) in [5.41, 5.74) is 2.94. The molecule has 0 fully saturated rings. The summed E-state index contributed by atoms with van der Waals surface area (Å²) < 4.78 is 10.4. The predicted molar refractivity (Wildman–Crippen MR) is 78.7 cm³/mol. The largest absolute Gasteiger partial charge is 0.497 e. The minimum absolute atomic E-state index is 0.193. The molecule has 2 rings (SSSR count). The van der Waals surface area contributed by atoms with E-state index in [1.807, 2.05) is 31.2 Å². The Hall–Kier alpha value is -1.81. The standard InChI is InChI=1S/C16H21NO3/c1-3-20-16(18)15-9-11-17-10-8-14(15)12-4-6-13(19-2)7-5-12/h4-7,17H,3,8-11H2,1-2H3. The Bertz CT molecular complexity index is 491. The summed E-state index contributed by atoms with van der Waals surface area (Å²) >= 11 is 0. The third-order valence-corrected chi connectivity index (χ3v) is 3.43. The van der Waals surface area contributed by atoms with Crippen molar-refractivity contribution in [1.29, 1.82) is 0 Å². The van der Waals surface area contributed by atoms with Crippen molar-refractivity contribution in [2.24, 2.45) is 0 Å². The molecule has 0 spiro atoms. The van der Waals surface area contributed by atoms with Gasteiger partial charge in [-0.2, -0.15) is 0 Å². The van der Waals surface area contributed by atoms with Gasteiger partial charge in [-0.15, -0.1) is 0 Å². The van der Waals surface area contributed by atoms with Gasteiger partial charge in [0.1, 0.15) is 5.75 Å². The van der Waals surface area contributed by atoms with Gasteiger partial charge in [-0.05, 0) is 56.1 Å². The minimum Gasteiger partial charge on any atom is -0.497 e. The normalized spacial score (nSPS) is 15.7. The molecule has 1 N–H and O–H groups in total. The highest BCUT2D eigenvalue weighted by Gasteiger charge is 2.19. The van der Waals surface area contributed by atoms with Crippen LogP contribution in [0, 0.1) is 0 Å². The lowest BCUT2D eigenvalue weighted by Crippen LogP contribution is -2.15. The number of esters is 1. The van der Waals surface area contributed by atoms with E-state index in [0.29, 0.717) is 13.0 Å². The van der Waals surface area contributed by atoms with Crippen molar-refractivity contribution in [1.82, 2.24) is 5.32 Å². The van der Waals surface area contributed by atoms with Crippen LogP contribution in [-0.2, 0) is 9.53 Å². The smallest absolute Gasteiger partial charge is 0.334 e. The van der Waals surface area contributed by atoms with Gasteiger partial charge in [0.2, 0.25) is 0 Å². The Morgan fingerprint density at radius 3 is 2.55 bits per heavy atom. The van der Waals surface area contributed by atoms with E-state index in [1.165, 1.54) is 0 Å². The Kier molecular flexibility index (Phi) is 5.18. The van der Waals surface area contributed by atoms with Crippen molar-refractivity contribution < 1.29 is 14.3 Å². The topological polar surface area (TPSA) is 47.6 Å². The Morgan fingerprint density at radius 1 is 1.20 bits per heavy atom. The van der Waals surface area contributed by atoms with Crippen molar-refractivity contribution in [2.45, 2.75) is 19.8 Å². The maximum Gasteiger partial charge on any atom is 0.334 e. The molecule has 0 bridgehead atoms. The summed E-state index contributed by atoms with van der Waals surface area (Å²) in [6, 6.07) is 7.84. The van der Waals surface area contributed by atoms with Crippen molar-refractivity contribution in [3.05, 3.63) is 35.4 Å². The summed E-state index contributed by atoms with van der Waals surface area (Å²) in [5, 5.41) is 3.32. The van der Waals surface area contributed by atoms with Gasteiger partial charge in [-0.1, -0.05) is 12.1 Å². The zero-order valence-electron chi connectivity index (χ0n) is 12.1. The molecule has 0 saturated carbocycles. The van der Waals surface area contributed by atoms with Crippen LogP contribution in [0.2, 0.25) is 0 Å². The Balaban J connectivity index is 2.36. The van der Waals surface area contributed by atoms with Gasteiger partial charge in [-0.25, -0.2) is 4.79 Å². The van der Waals surface area contributed by atoms with Crippen LogP contribution in [0.5, 0.6) is 5.75 Å². The number of methoxy groups -OCH3 is 1. The van der Waals surface area contributed by atoms with Crippen LogP contribution in [-0.4, -0.2) is 32.8 Å². The van der Waals surface area contributed by atoms with E-state index in [4.69, 9.17) is 9.47 Å². The van der Waals surface area contributed by atoms with E-state index in [1.54, 1.807) is 7.11 Å². The highest BCUT2D eigenvalue weighted by atomic mass is 16.5. The molecule has 0 unspecified atom stereocenters. The highest BCUT2D eigenvalue weighted by molar-refractivity contribution is 5.98. The first-order valence-corrected chi connectivity index (χ1v) is 7.00. The number of carbonyl (C=O) groups is 1. The number of carbonyl (C=O) groups excluding carboxylic acids is 1. The number of benzene rings is 1. The van der Waals surface area contributed by atoms with Crippen LogP contribution in [0.4, 0.5) is 0 Å². The summed E-state index contributed by atoms with van der Waals surface area (Å²) in [6.07, 6.45) is 1.54. The quantitative estimate of drug-likeness (QED) is 0.857. The molecule has 4 nitrogen and oxygen atoms in total. The number of nitrogens with one attached hydrogen (secondary N) is 1. The van der Waals surface area contributed by atoms with Crippen molar-refractivity contribution >= 4 is 11.5 Å². The average molecular weight is 275 g/mol. The first-order chi connectivity index (χ1) is 9.76. The van der Waals surface area contributed by atoms with Crippen molar-refractivity contribution in [2.75, 3.05) is 26.8 Å². The fourth-order valence-electron chi connectivity index (χ4n) is 2.41. The highest BCUT2D eigenvalue weighted by Crippen LogP contribution is 2.28. The van der Waals surface area contributed by atoms with E-state index in [-0.39, 0.29) is 5.97 Å². The lowest BCUT2D eigenvalue weighted by atomic mass is 9.96. The molecule has 0 aromatic heterocycles. The van der Waals surface area contributed by atoms with Gasteiger partial charge in [-0.3, -0.25) is 0 Å². The fourth-order valence-corrected chi connectivity index (χ4v) is 2.41. The first-order valence-electron chi connectivity index (χ1n) is 7.00. The number of hydrogen-bond donors (Lipinski definition) is 1. The lowest BCUT2D eigenvalue weighted by molar-refractivity contribution is -0.138. The summed E-state index contributed by atoms with van der Waals surface area (Å²) in [5.74, 6) is 0.626. The van der Waals surface area contributed by atoms with Gasteiger partial charge in [0.15, 0.2) is 0 Å². The SMILES string of the molecule is CCOC(=O)C1=C(c2ccc(OC)cc2)CCNCC1. The first kappa shape index (κ1) is 14.6. The van der Waals surface area contributed by atoms with Crippen LogP contribution >= 0.6 is 0 Å². The summed E-state index contributed by atoms with van der Waals surface area (Å²) in [7, 11) is 1.65. The molecule has 1 aromatic carbocycles. The third-order valence-electron chi connectivity index (χ3n) is 3.43. The fraction of sp³-hybridized carbons (Fsp3) is 0.438. The second-order valence-corrected chi connectivity index (χ2v) is 4.66. The van der Waals surface area contributed by atoms with Crippen LogP contribution in [0.3, 0.4) is 0 Å². The molecular formula is C16H21NO3. The zero-order valence-corrected chi connectivity index (χ0v) is 12.1. The van der Waals surface area contributed by atoms with E-state index in [0.717, 1.165) is 42.0 Å². The number of rotatable bonds is 4. The van der Waals surface area contributed by atoms with Crippen LogP contribution in [0.15, 0.2) is 29.8 Å². The van der Waals surface area contributed by atoms with Gasteiger partial charge < -0.3 is 14.8 Å². The molecule has 0 aliphatic carbocycles. The molecule has 108 valence electrons. The molecule has 0 atom stereocenters. The maximum absolute atomic E-state index is 12.1. The van der Waals surface area contributed by atoms with Gasteiger partial charge in [0.25, 0.3) is 0 Å². The molecule has 1 aromatic rings. The maximum atomic E-state index is 12.1. The summed E-state index contributed by atoms with van der Waals surface area (Å²) in [6.45, 7) is 3.93. The van der Waals surface area contributed by atoms with Crippen LogP contribution in [0.1, 0.15) is 25.3 Å². The van der Waals surface area contributed by atoms with E-state index in [9.17, 15) is 4.79 Å². The van der Waals surface area contributed by atoms with Gasteiger partial charge in [0, 0.05) is 5.57 Å². The summed E-state index contributed by atoms with van der Waals surface area (Å²) in [4.78, 5) is 12.1. The Labute approximate surface area is 119 Å². The lowest BCUT2D eigenvalue weighted by Gasteiger charge is -2.12. The minimum atomic E-state index is -0.193. The molecule has 0 saturated heterocycles. The second kappa shape index (κ2) is 7.10. The van der Waals surface area contributed by atoms with Gasteiger partial charge in [0.05, 0.1) is 13.7 Å². The monoisotopic (exact) mass is 275 g/mol.